The lowest BCUT2D eigenvalue weighted by molar-refractivity contribution is -0.00389. The maximum atomic E-state index is 6.29. The quantitative estimate of drug-likeness (QED) is 0.627. The molecule has 170 valence electrons. The summed E-state index contributed by atoms with van der Waals surface area (Å²) >= 11 is 0. The minimum atomic E-state index is 0.257. The number of aromatic nitrogens is 3. The van der Waals surface area contributed by atoms with Crippen LogP contribution in [0.4, 0.5) is 5.82 Å². The van der Waals surface area contributed by atoms with Gasteiger partial charge in [-0.25, -0.2) is 9.97 Å². The first-order valence-corrected chi connectivity index (χ1v) is 12.5. The molecule has 2 fully saturated rings. The van der Waals surface area contributed by atoms with E-state index >= 15 is 0 Å². The maximum absolute atomic E-state index is 6.29. The summed E-state index contributed by atoms with van der Waals surface area (Å²) in [4.78, 5) is 9.54. The Balaban J connectivity index is 1.10. The molecule has 2 N–H and O–H groups in total. The van der Waals surface area contributed by atoms with Crippen LogP contribution in [0.15, 0.2) is 48.7 Å². The van der Waals surface area contributed by atoms with Crippen molar-refractivity contribution in [3.63, 3.8) is 0 Å². The molecular formula is C27H31N5O. The number of aryl methyl sites for hydroxylation is 2. The number of pyridine rings is 1. The van der Waals surface area contributed by atoms with Crippen LogP contribution < -0.4 is 15.4 Å². The molecule has 1 unspecified atom stereocenters. The van der Waals surface area contributed by atoms with Gasteiger partial charge >= 0.3 is 0 Å². The monoisotopic (exact) mass is 441 g/mol. The molecule has 0 radical (unpaired) electrons. The Hall–Kier alpha value is -2.86. The molecule has 1 aliphatic carbocycles. The van der Waals surface area contributed by atoms with E-state index in [1.54, 1.807) is 0 Å². The van der Waals surface area contributed by atoms with Crippen molar-refractivity contribution >= 4 is 5.82 Å². The van der Waals surface area contributed by atoms with Crippen LogP contribution in [-0.4, -0.2) is 33.7 Å². The standard InChI is InChI=1S/C27H31N5O/c1-2-4-18(5-3-1)23-8-9-24-30-22-7-6-21(31-26(22)32(23)24)19-10-12-29-25(14-19)33-20-15-27(16-20)11-13-28-17-27/h1-5,10,12,14,20-21,23,28,31H,6-9,11,13,15-17H2/t20?,21-,23?,27?/m1/s1. The summed E-state index contributed by atoms with van der Waals surface area (Å²) in [6.07, 6.45) is 10.0. The number of ether oxygens (including phenoxy) is 1. The molecule has 6 nitrogen and oxygen atoms in total. The summed E-state index contributed by atoms with van der Waals surface area (Å²) in [5.41, 5.74) is 4.33. The van der Waals surface area contributed by atoms with Crippen molar-refractivity contribution in [1.82, 2.24) is 19.9 Å². The van der Waals surface area contributed by atoms with Crippen molar-refractivity contribution in [3.8, 4) is 5.88 Å². The lowest BCUT2D eigenvalue weighted by atomic mass is 9.66. The van der Waals surface area contributed by atoms with Crippen molar-refractivity contribution in [2.24, 2.45) is 5.41 Å². The molecule has 1 aromatic carbocycles. The molecule has 1 spiro atoms. The second-order valence-corrected chi connectivity index (χ2v) is 10.4. The van der Waals surface area contributed by atoms with E-state index in [4.69, 9.17) is 9.72 Å². The normalized spacial score (nSPS) is 29.9. The molecule has 2 aromatic heterocycles. The number of nitrogens with zero attached hydrogens (tertiary/aromatic N) is 3. The van der Waals surface area contributed by atoms with Gasteiger partial charge in [-0.1, -0.05) is 30.3 Å². The number of anilines is 1. The predicted molar refractivity (Wildman–Crippen MR) is 128 cm³/mol. The Labute approximate surface area is 194 Å². The maximum Gasteiger partial charge on any atom is 0.213 e. The van der Waals surface area contributed by atoms with Crippen LogP contribution in [0.25, 0.3) is 0 Å². The van der Waals surface area contributed by atoms with Crippen LogP contribution in [-0.2, 0) is 12.8 Å². The van der Waals surface area contributed by atoms with Gasteiger partial charge in [0.25, 0.3) is 0 Å². The molecule has 33 heavy (non-hydrogen) atoms. The zero-order chi connectivity index (χ0) is 21.8. The first kappa shape index (κ1) is 19.6. The molecule has 7 rings (SSSR count). The average molecular weight is 442 g/mol. The van der Waals surface area contributed by atoms with Gasteiger partial charge in [0.05, 0.1) is 17.8 Å². The molecule has 0 bridgehead atoms. The Kier molecular flexibility index (Phi) is 4.51. The minimum Gasteiger partial charge on any atom is -0.474 e. The zero-order valence-electron chi connectivity index (χ0n) is 19.0. The van der Waals surface area contributed by atoms with Crippen LogP contribution in [0.2, 0.25) is 0 Å². The molecule has 0 amide bonds. The number of rotatable bonds is 4. The van der Waals surface area contributed by atoms with Gasteiger partial charge in [0.15, 0.2) is 0 Å². The molecule has 6 heteroatoms. The third-order valence-corrected chi connectivity index (χ3v) is 8.28. The lowest BCUT2D eigenvalue weighted by Crippen LogP contribution is -2.45. The summed E-state index contributed by atoms with van der Waals surface area (Å²) in [5.74, 6) is 3.20. The van der Waals surface area contributed by atoms with E-state index in [9.17, 15) is 0 Å². The number of hydrogen-bond acceptors (Lipinski definition) is 5. The van der Waals surface area contributed by atoms with Crippen LogP contribution in [0.3, 0.4) is 0 Å². The van der Waals surface area contributed by atoms with Crippen LogP contribution in [0, 0.1) is 5.41 Å². The van der Waals surface area contributed by atoms with Crippen molar-refractivity contribution in [2.45, 2.75) is 63.1 Å². The highest BCUT2D eigenvalue weighted by atomic mass is 16.5. The van der Waals surface area contributed by atoms with E-state index in [2.05, 4.69) is 62.6 Å². The predicted octanol–water partition coefficient (Wildman–Crippen LogP) is 4.43. The third kappa shape index (κ3) is 3.34. The van der Waals surface area contributed by atoms with Gasteiger partial charge < -0.3 is 19.9 Å². The first-order valence-electron chi connectivity index (χ1n) is 12.5. The van der Waals surface area contributed by atoms with Gasteiger partial charge in [-0.05, 0) is 67.7 Å². The summed E-state index contributed by atoms with van der Waals surface area (Å²) < 4.78 is 8.74. The fourth-order valence-electron chi connectivity index (χ4n) is 6.53. The van der Waals surface area contributed by atoms with Crippen molar-refractivity contribution in [1.29, 1.82) is 0 Å². The fraction of sp³-hybridized carbons (Fsp3) is 0.481. The smallest absolute Gasteiger partial charge is 0.213 e. The lowest BCUT2D eigenvalue weighted by Gasteiger charge is -2.44. The second kappa shape index (κ2) is 7.59. The number of imidazole rings is 1. The van der Waals surface area contributed by atoms with E-state index in [1.165, 1.54) is 34.9 Å². The molecule has 1 saturated carbocycles. The molecule has 1 saturated heterocycles. The topological polar surface area (TPSA) is 64.0 Å². The summed E-state index contributed by atoms with van der Waals surface area (Å²) in [6, 6.07) is 15.8. The van der Waals surface area contributed by atoms with E-state index < -0.39 is 0 Å². The van der Waals surface area contributed by atoms with Gasteiger partial charge in [-0.2, -0.15) is 0 Å². The van der Waals surface area contributed by atoms with Crippen molar-refractivity contribution in [2.75, 3.05) is 18.4 Å². The Morgan fingerprint density at radius 1 is 1.03 bits per heavy atom. The van der Waals surface area contributed by atoms with Gasteiger partial charge in [-0.15, -0.1) is 0 Å². The van der Waals surface area contributed by atoms with Gasteiger partial charge in [0.2, 0.25) is 5.88 Å². The zero-order valence-corrected chi connectivity index (χ0v) is 19.0. The van der Waals surface area contributed by atoms with E-state index in [0.29, 0.717) is 17.6 Å². The molecule has 2 atom stereocenters. The molecule has 4 aliphatic rings. The van der Waals surface area contributed by atoms with Crippen molar-refractivity contribution in [3.05, 3.63) is 71.3 Å². The highest BCUT2D eigenvalue weighted by Gasteiger charge is 2.47. The van der Waals surface area contributed by atoms with E-state index in [1.807, 2.05) is 6.20 Å². The van der Waals surface area contributed by atoms with Gasteiger partial charge in [0.1, 0.15) is 17.7 Å². The van der Waals surface area contributed by atoms with Crippen molar-refractivity contribution < 1.29 is 4.74 Å². The SMILES string of the molecule is c1ccc(C2CCc3nc4c(n32)N[C@@H](c2ccnc(OC3CC5(CCNC5)C3)c2)CC4)cc1. The number of fused-ring (bicyclic) bond motifs is 3. The summed E-state index contributed by atoms with van der Waals surface area (Å²) in [7, 11) is 0. The van der Waals surface area contributed by atoms with Gasteiger partial charge in [0, 0.05) is 25.2 Å². The molecular weight excluding hydrogens is 410 g/mol. The number of hydrogen-bond donors (Lipinski definition) is 2. The Bertz CT molecular complexity index is 1160. The third-order valence-electron chi connectivity index (χ3n) is 8.28. The highest BCUT2D eigenvalue weighted by Crippen LogP contribution is 2.47. The Morgan fingerprint density at radius 3 is 2.79 bits per heavy atom. The molecule has 3 aromatic rings. The average Bonchev–Trinajstić information content (AvgIpc) is 3.55. The van der Waals surface area contributed by atoms with E-state index in [-0.39, 0.29) is 6.04 Å². The second-order valence-electron chi connectivity index (χ2n) is 10.4. The number of benzene rings is 1. The summed E-state index contributed by atoms with van der Waals surface area (Å²) in [6.45, 7) is 2.30. The minimum absolute atomic E-state index is 0.257. The number of nitrogens with one attached hydrogen (secondary N) is 2. The fourth-order valence-corrected chi connectivity index (χ4v) is 6.53. The highest BCUT2D eigenvalue weighted by molar-refractivity contribution is 5.51. The molecule has 5 heterocycles. The Morgan fingerprint density at radius 2 is 1.94 bits per heavy atom. The van der Waals surface area contributed by atoms with E-state index in [0.717, 1.165) is 57.5 Å². The first-order chi connectivity index (χ1) is 16.3. The molecule has 3 aliphatic heterocycles. The summed E-state index contributed by atoms with van der Waals surface area (Å²) in [5, 5.41) is 7.35. The van der Waals surface area contributed by atoms with Crippen LogP contribution in [0.1, 0.15) is 66.8 Å². The van der Waals surface area contributed by atoms with Gasteiger partial charge in [-0.3, -0.25) is 0 Å². The van der Waals surface area contributed by atoms with Crippen LogP contribution in [0.5, 0.6) is 5.88 Å². The largest absolute Gasteiger partial charge is 0.474 e. The van der Waals surface area contributed by atoms with Crippen LogP contribution >= 0.6 is 0 Å².